The molecule has 3 rings (SSSR count). The van der Waals surface area contributed by atoms with E-state index in [1.807, 2.05) is 30.4 Å². The van der Waals surface area contributed by atoms with E-state index in [4.69, 9.17) is 0 Å². The lowest BCUT2D eigenvalue weighted by atomic mass is 10.0. The van der Waals surface area contributed by atoms with E-state index >= 15 is 0 Å². The summed E-state index contributed by atoms with van der Waals surface area (Å²) in [5.74, 6) is 1.93. The maximum absolute atomic E-state index is 4.35. The van der Waals surface area contributed by atoms with Gasteiger partial charge in [-0.05, 0) is 32.8 Å². The van der Waals surface area contributed by atoms with Gasteiger partial charge in [-0.1, -0.05) is 37.0 Å². The molecule has 0 fully saturated rings. The average Bonchev–Trinajstić information content (AvgIpc) is 2.99. The first kappa shape index (κ1) is 15.9. The summed E-state index contributed by atoms with van der Waals surface area (Å²) in [7, 11) is 0. The third kappa shape index (κ3) is 2.82. The van der Waals surface area contributed by atoms with Crippen molar-refractivity contribution in [2.75, 3.05) is 0 Å². The monoisotopic (exact) mass is 326 g/mol. The van der Waals surface area contributed by atoms with Gasteiger partial charge in [-0.2, -0.15) is 0 Å². The van der Waals surface area contributed by atoms with Gasteiger partial charge >= 0.3 is 0 Å². The molecule has 120 valence electrons. The number of allylic oxidation sites excluding steroid dienone is 4. The number of nitrogens with one attached hydrogen (secondary N) is 1. The summed E-state index contributed by atoms with van der Waals surface area (Å²) in [6.45, 7) is 15.1. The maximum atomic E-state index is 4.35. The molecule has 0 aliphatic carbocycles. The van der Waals surface area contributed by atoms with Crippen LogP contribution in [-0.2, 0) is 13.0 Å². The van der Waals surface area contributed by atoms with Crippen LogP contribution in [0.2, 0.25) is 0 Å². The zero-order valence-electron chi connectivity index (χ0n) is 13.9. The third-order valence-electron chi connectivity index (χ3n) is 4.19. The van der Waals surface area contributed by atoms with E-state index in [1.165, 1.54) is 21.0 Å². The van der Waals surface area contributed by atoms with Crippen molar-refractivity contribution in [3.8, 4) is 5.00 Å². The van der Waals surface area contributed by atoms with E-state index in [-0.39, 0.29) is 6.04 Å². The SMILES string of the molecule is C=C/C=C\C(=C)Cc1c(C)sc2c1CNC(C)c1nnc(C)n1-2. The smallest absolute Gasteiger partial charge is 0.155 e. The van der Waals surface area contributed by atoms with Crippen LogP contribution in [0.1, 0.15) is 40.6 Å². The Hall–Kier alpha value is -1.98. The molecule has 2 aromatic heterocycles. The summed E-state index contributed by atoms with van der Waals surface area (Å²) in [4.78, 5) is 1.33. The minimum atomic E-state index is 0.188. The molecule has 0 radical (unpaired) electrons. The molecule has 1 atom stereocenters. The molecule has 0 aromatic carbocycles. The topological polar surface area (TPSA) is 42.7 Å². The van der Waals surface area contributed by atoms with Crippen LogP contribution in [0.25, 0.3) is 5.00 Å². The summed E-state index contributed by atoms with van der Waals surface area (Å²) < 4.78 is 2.20. The number of aromatic nitrogens is 3. The fourth-order valence-electron chi connectivity index (χ4n) is 2.95. The fourth-order valence-corrected chi connectivity index (χ4v) is 4.19. The summed E-state index contributed by atoms with van der Waals surface area (Å²) in [5.41, 5.74) is 3.80. The molecule has 0 bridgehead atoms. The normalized spacial score (nSPS) is 16.9. The quantitative estimate of drug-likeness (QED) is 0.865. The second-order valence-electron chi connectivity index (χ2n) is 5.89. The van der Waals surface area contributed by atoms with Crippen molar-refractivity contribution in [2.45, 2.75) is 39.8 Å². The van der Waals surface area contributed by atoms with Crippen LogP contribution in [0.4, 0.5) is 0 Å². The van der Waals surface area contributed by atoms with Crippen molar-refractivity contribution in [2.24, 2.45) is 0 Å². The van der Waals surface area contributed by atoms with Gasteiger partial charge in [-0.3, -0.25) is 4.57 Å². The Morgan fingerprint density at radius 3 is 2.96 bits per heavy atom. The van der Waals surface area contributed by atoms with Crippen LogP contribution >= 0.6 is 11.3 Å². The summed E-state index contributed by atoms with van der Waals surface area (Å²) in [6, 6.07) is 0.188. The van der Waals surface area contributed by atoms with E-state index in [0.29, 0.717) is 0 Å². The van der Waals surface area contributed by atoms with Gasteiger partial charge in [0.05, 0.1) is 6.04 Å². The highest BCUT2D eigenvalue weighted by atomic mass is 32.1. The van der Waals surface area contributed by atoms with Crippen molar-refractivity contribution in [3.05, 3.63) is 64.6 Å². The summed E-state index contributed by atoms with van der Waals surface area (Å²) >= 11 is 1.82. The largest absolute Gasteiger partial charge is 0.303 e. The zero-order valence-corrected chi connectivity index (χ0v) is 14.7. The lowest BCUT2D eigenvalue weighted by Crippen LogP contribution is -2.18. The van der Waals surface area contributed by atoms with Gasteiger partial charge in [0.2, 0.25) is 0 Å². The van der Waals surface area contributed by atoms with Crippen LogP contribution in [0, 0.1) is 13.8 Å². The van der Waals surface area contributed by atoms with E-state index in [0.717, 1.165) is 30.2 Å². The molecular weight excluding hydrogens is 304 g/mol. The predicted molar refractivity (Wildman–Crippen MR) is 96.1 cm³/mol. The predicted octanol–water partition coefficient (Wildman–Crippen LogP) is 3.95. The number of rotatable bonds is 4. The minimum Gasteiger partial charge on any atom is -0.303 e. The van der Waals surface area contributed by atoms with E-state index in [9.17, 15) is 0 Å². The Kier molecular flexibility index (Phi) is 4.33. The highest BCUT2D eigenvalue weighted by molar-refractivity contribution is 7.14. The lowest BCUT2D eigenvalue weighted by molar-refractivity contribution is 0.551. The number of aryl methyl sites for hydroxylation is 2. The highest BCUT2D eigenvalue weighted by Crippen LogP contribution is 2.37. The van der Waals surface area contributed by atoms with Gasteiger partial charge in [-0.25, -0.2) is 0 Å². The summed E-state index contributed by atoms with van der Waals surface area (Å²) in [5, 5.41) is 13.4. The van der Waals surface area contributed by atoms with Crippen LogP contribution in [-0.4, -0.2) is 14.8 Å². The minimum absolute atomic E-state index is 0.188. The third-order valence-corrected chi connectivity index (χ3v) is 5.37. The van der Waals surface area contributed by atoms with E-state index in [2.05, 4.69) is 47.1 Å². The van der Waals surface area contributed by atoms with Crippen molar-refractivity contribution in [1.82, 2.24) is 20.1 Å². The van der Waals surface area contributed by atoms with Crippen LogP contribution in [0.3, 0.4) is 0 Å². The molecule has 1 aliphatic heterocycles. The molecule has 1 N–H and O–H groups in total. The fraction of sp³-hybridized carbons (Fsp3) is 0.333. The Labute approximate surface area is 141 Å². The molecule has 2 aromatic rings. The molecule has 0 amide bonds. The van der Waals surface area contributed by atoms with E-state index < -0.39 is 0 Å². The molecule has 0 saturated heterocycles. The van der Waals surface area contributed by atoms with E-state index in [1.54, 1.807) is 6.08 Å². The number of nitrogens with zero attached hydrogens (tertiary/aromatic N) is 3. The molecular formula is C18H22N4S. The summed E-state index contributed by atoms with van der Waals surface area (Å²) in [6.07, 6.45) is 6.60. The first-order chi connectivity index (χ1) is 11.0. The molecule has 4 nitrogen and oxygen atoms in total. The van der Waals surface area contributed by atoms with Crippen molar-refractivity contribution in [1.29, 1.82) is 0 Å². The molecule has 1 unspecified atom stereocenters. The molecule has 5 heteroatoms. The number of hydrogen-bond acceptors (Lipinski definition) is 4. The average molecular weight is 326 g/mol. The van der Waals surface area contributed by atoms with Crippen LogP contribution in [0.5, 0.6) is 0 Å². The number of hydrogen-bond donors (Lipinski definition) is 1. The Bertz CT molecular complexity index is 794. The van der Waals surface area contributed by atoms with Crippen molar-refractivity contribution in [3.63, 3.8) is 0 Å². The van der Waals surface area contributed by atoms with Crippen LogP contribution in [0.15, 0.2) is 37.0 Å². The number of thiophene rings is 1. The molecule has 1 aliphatic rings. The first-order valence-corrected chi connectivity index (χ1v) is 8.58. The Morgan fingerprint density at radius 1 is 1.43 bits per heavy atom. The zero-order chi connectivity index (χ0) is 16.6. The maximum Gasteiger partial charge on any atom is 0.155 e. The Balaban J connectivity index is 2.07. The van der Waals surface area contributed by atoms with Gasteiger partial charge in [-0.15, -0.1) is 21.5 Å². The van der Waals surface area contributed by atoms with Gasteiger partial charge < -0.3 is 5.32 Å². The van der Waals surface area contributed by atoms with Gasteiger partial charge in [0, 0.05) is 17.0 Å². The highest BCUT2D eigenvalue weighted by Gasteiger charge is 2.27. The van der Waals surface area contributed by atoms with Crippen LogP contribution < -0.4 is 5.32 Å². The second kappa shape index (κ2) is 6.26. The molecule has 3 heterocycles. The molecule has 0 spiro atoms. The van der Waals surface area contributed by atoms with Gasteiger partial charge in [0.15, 0.2) is 5.82 Å². The first-order valence-electron chi connectivity index (χ1n) is 7.76. The lowest BCUT2D eigenvalue weighted by Gasteiger charge is -2.09. The van der Waals surface area contributed by atoms with Crippen molar-refractivity contribution < 1.29 is 0 Å². The Morgan fingerprint density at radius 2 is 2.22 bits per heavy atom. The molecule has 23 heavy (non-hydrogen) atoms. The van der Waals surface area contributed by atoms with Gasteiger partial charge in [0.1, 0.15) is 10.8 Å². The standard InChI is InChI=1S/C18H22N4S/c1-6-7-8-11(2)9-15-13(4)23-18-16(15)10-19-12(3)17-21-20-14(5)22(17)18/h6-8,12,19H,1-2,9-10H2,3-5H3/b8-7-. The number of fused-ring (bicyclic) bond motifs is 3. The van der Waals surface area contributed by atoms with Gasteiger partial charge in [0.25, 0.3) is 0 Å². The van der Waals surface area contributed by atoms with Crippen molar-refractivity contribution >= 4 is 11.3 Å². The molecule has 0 saturated carbocycles. The second-order valence-corrected chi connectivity index (χ2v) is 7.10.